The van der Waals surface area contributed by atoms with E-state index in [2.05, 4.69) is 4.72 Å². The average molecular weight is 411 g/mol. The molecule has 2 aromatic carbocycles. The zero-order valence-corrected chi connectivity index (χ0v) is 16.1. The highest BCUT2D eigenvalue weighted by Crippen LogP contribution is 2.38. The lowest BCUT2D eigenvalue weighted by Crippen LogP contribution is -2.39. The summed E-state index contributed by atoms with van der Waals surface area (Å²) in [5, 5.41) is 0.405. The molecular weight excluding hydrogens is 395 g/mol. The minimum absolute atomic E-state index is 0.0603. The van der Waals surface area contributed by atoms with E-state index in [0.29, 0.717) is 23.6 Å². The van der Waals surface area contributed by atoms with Crippen molar-refractivity contribution in [3.05, 3.63) is 51.5 Å². The summed E-state index contributed by atoms with van der Waals surface area (Å²) in [7, 11) is -3.87. The number of sulfonamides is 1. The van der Waals surface area contributed by atoms with Crippen LogP contribution in [0.1, 0.15) is 24.0 Å². The second-order valence-corrected chi connectivity index (χ2v) is 8.97. The molecule has 1 N–H and O–H groups in total. The van der Waals surface area contributed by atoms with Gasteiger partial charge in [-0.3, -0.25) is 9.52 Å². The van der Waals surface area contributed by atoms with Crippen molar-refractivity contribution in [2.75, 3.05) is 16.2 Å². The topological polar surface area (TPSA) is 66.5 Å². The highest BCUT2D eigenvalue weighted by molar-refractivity contribution is 7.92. The Morgan fingerprint density at radius 3 is 2.50 bits per heavy atom. The van der Waals surface area contributed by atoms with Crippen LogP contribution >= 0.6 is 23.2 Å². The van der Waals surface area contributed by atoms with Crippen LogP contribution in [0.5, 0.6) is 0 Å². The molecule has 0 atom stereocenters. The smallest absolute Gasteiger partial charge is 0.263 e. The standard InChI is InChI=1S/C18H16Cl2N2O3S/c19-13-4-5-15(20)16(10-13)26(24,25)21-14-8-11-2-1-7-22-17(23)6-3-12(9-14)18(11)22/h4-5,8-10,21H,1-3,6-7H2. The maximum atomic E-state index is 12.8. The van der Waals surface area contributed by atoms with Crippen molar-refractivity contribution in [3.8, 4) is 0 Å². The first kappa shape index (κ1) is 17.6. The molecule has 0 bridgehead atoms. The Bertz CT molecular complexity index is 1000. The van der Waals surface area contributed by atoms with Gasteiger partial charge in [0.25, 0.3) is 10.0 Å². The summed E-state index contributed by atoms with van der Waals surface area (Å²) in [4.78, 5) is 13.9. The lowest BCUT2D eigenvalue weighted by Gasteiger charge is -2.35. The first-order valence-corrected chi connectivity index (χ1v) is 10.5. The van der Waals surface area contributed by atoms with Crippen LogP contribution in [-0.4, -0.2) is 20.9 Å². The first-order chi connectivity index (χ1) is 12.3. The van der Waals surface area contributed by atoms with E-state index in [0.717, 1.165) is 36.2 Å². The van der Waals surface area contributed by atoms with Crippen molar-refractivity contribution in [3.63, 3.8) is 0 Å². The number of anilines is 2. The van der Waals surface area contributed by atoms with Crippen molar-refractivity contribution in [1.82, 2.24) is 0 Å². The fraction of sp³-hybridized carbons (Fsp3) is 0.278. The second kappa shape index (κ2) is 6.44. The monoisotopic (exact) mass is 410 g/mol. The van der Waals surface area contributed by atoms with Crippen molar-refractivity contribution < 1.29 is 13.2 Å². The molecule has 4 rings (SSSR count). The number of nitrogens with zero attached hydrogens (tertiary/aromatic N) is 1. The van der Waals surface area contributed by atoms with Gasteiger partial charge in [-0.25, -0.2) is 8.42 Å². The third-order valence-electron chi connectivity index (χ3n) is 4.71. The summed E-state index contributed by atoms with van der Waals surface area (Å²) in [5.74, 6) is 0.137. The number of hydrogen-bond acceptors (Lipinski definition) is 3. The molecule has 2 heterocycles. The third-order valence-corrected chi connectivity index (χ3v) is 6.81. The third kappa shape index (κ3) is 3.06. The molecule has 136 valence electrons. The van der Waals surface area contributed by atoms with Gasteiger partial charge in [-0.1, -0.05) is 23.2 Å². The summed E-state index contributed by atoms with van der Waals surface area (Å²) in [6.45, 7) is 0.724. The second-order valence-electron chi connectivity index (χ2n) is 6.47. The molecule has 2 aromatic rings. The van der Waals surface area contributed by atoms with Crippen LogP contribution in [0.4, 0.5) is 11.4 Å². The number of hydrogen-bond donors (Lipinski definition) is 1. The minimum Gasteiger partial charge on any atom is -0.312 e. The SMILES string of the molecule is O=C1CCc2cc(NS(=O)(=O)c3cc(Cl)ccc3Cl)cc3c2N1CCC3. The number of carbonyl (C=O) groups is 1. The van der Waals surface area contributed by atoms with Gasteiger partial charge < -0.3 is 4.90 Å². The first-order valence-electron chi connectivity index (χ1n) is 8.29. The molecule has 26 heavy (non-hydrogen) atoms. The Labute approximate surface area is 162 Å². The Morgan fingerprint density at radius 2 is 1.73 bits per heavy atom. The molecule has 0 aromatic heterocycles. The summed E-state index contributed by atoms with van der Waals surface area (Å²) in [5.41, 5.74) is 3.43. The molecule has 0 spiro atoms. The van der Waals surface area contributed by atoms with Crippen LogP contribution in [-0.2, 0) is 27.7 Å². The molecule has 0 saturated heterocycles. The summed E-state index contributed by atoms with van der Waals surface area (Å²) in [6, 6.07) is 7.93. The highest BCUT2D eigenvalue weighted by Gasteiger charge is 2.30. The van der Waals surface area contributed by atoms with E-state index in [4.69, 9.17) is 23.2 Å². The maximum Gasteiger partial charge on any atom is 0.263 e. The molecule has 8 heteroatoms. The van der Waals surface area contributed by atoms with Crippen LogP contribution in [0.15, 0.2) is 35.2 Å². The number of aryl methyl sites for hydroxylation is 2. The van der Waals surface area contributed by atoms with Gasteiger partial charge in [-0.2, -0.15) is 0 Å². The fourth-order valence-corrected chi connectivity index (χ4v) is 5.41. The van der Waals surface area contributed by atoms with E-state index < -0.39 is 10.0 Å². The van der Waals surface area contributed by atoms with Crippen molar-refractivity contribution in [2.24, 2.45) is 0 Å². The lowest BCUT2D eigenvalue weighted by molar-refractivity contribution is -0.119. The fourth-order valence-electron chi connectivity index (χ4n) is 3.61. The molecular formula is C18H16Cl2N2O3S. The number of nitrogens with one attached hydrogen (secondary N) is 1. The Balaban J connectivity index is 1.74. The maximum absolute atomic E-state index is 12.8. The minimum atomic E-state index is -3.87. The highest BCUT2D eigenvalue weighted by atomic mass is 35.5. The van der Waals surface area contributed by atoms with E-state index >= 15 is 0 Å². The van der Waals surface area contributed by atoms with Gasteiger partial charge >= 0.3 is 0 Å². The molecule has 0 unspecified atom stereocenters. The molecule has 0 saturated carbocycles. The van der Waals surface area contributed by atoms with Crippen LogP contribution < -0.4 is 9.62 Å². The number of benzene rings is 2. The van der Waals surface area contributed by atoms with Gasteiger partial charge in [-0.05, 0) is 60.7 Å². The van der Waals surface area contributed by atoms with E-state index in [9.17, 15) is 13.2 Å². The quantitative estimate of drug-likeness (QED) is 0.830. The molecule has 0 radical (unpaired) electrons. The molecule has 2 aliphatic rings. The molecule has 5 nitrogen and oxygen atoms in total. The number of amides is 1. The number of carbonyl (C=O) groups excluding carboxylic acids is 1. The van der Waals surface area contributed by atoms with E-state index in [1.54, 1.807) is 12.1 Å². The predicted octanol–water partition coefficient (Wildman–Crippen LogP) is 4.02. The van der Waals surface area contributed by atoms with Crippen LogP contribution in [0.3, 0.4) is 0 Å². The molecule has 0 fully saturated rings. The van der Waals surface area contributed by atoms with Crippen molar-refractivity contribution in [2.45, 2.75) is 30.6 Å². The van der Waals surface area contributed by atoms with Gasteiger partial charge in [0.2, 0.25) is 5.91 Å². The van der Waals surface area contributed by atoms with Gasteiger partial charge in [-0.15, -0.1) is 0 Å². The largest absolute Gasteiger partial charge is 0.312 e. The normalized spacial score (nSPS) is 16.4. The van der Waals surface area contributed by atoms with E-state index in [1.165, 1.54) is 18.2 Å². The molecule has 1 amide bonds. The molecule has 2 aliphatic heterocycles. The average Bonchev–Trinajstić information content (AvgIpc) is 2.59. The predicted molar refractivity (Wildman–Crippen MR) is 103 cm³/mol. The van der Waals surface area contributed by atoms with Gasteiger partial charge in [0.1, 0.15) is 4.90 Å². The summed E-state index contributed by atoms with van der Waals surface area (Å²) in [6.07, 6.45) is 2.75. The van der Waals surface area contributed by atoms with Gasteiger partial charge in [0, 0.05) is 23.7 Å². The molecule has 0 aliphatic carbocycles. The van der Waals surface area contributed by atoms with Crippen molar-refractivity contribution >= 4 is 50.5 Å². The number of halogens is 2. The number of rotatable bonds is 3. The van der Waals surface area contributed by atoms with Crippen LogP contribution in [0, 0.1) is 0 Å². The lowest BCUT2D eigenvalue weighted by atomic mass is 9.91. The van der Waals surface area contributed by atoms with E-state index in [1.807, 2.05) is 4.90 Å². The Morgan fingerprint density at radius 1 is 1.00 bits per heavy atom. The summed E-state index contributed by atoms with van der Waals surface area (Å²) < 4.78 is 28.1. The van der Waals surface area contributed by atoms with Crippen molar-refractivity contribution in [1.29, 1.82) is 0 Å². The Hall–Kier alpha value is -1.76. The van der Waals surface area contributed by atoms with E-state index in [-0.39, 0.29) is 15.8 Å². The van der Waals surface area contributed by atoms with Crippen LogP contribution in [0.25, 0.3) is 0 Å². The summed E-state index contributed by atoms with van der Waals surface area (Å²) >= 11 is 12.0. The zero-order chi connectivity index (χ0) is 18.5. The van der Waals surface area contributed by atoms with Gasteiger partial charge in [0.05, 0.1) is 10.7 Å². The zero-order valence-electron chi connectivity index (χ0n) is 13.8. The van der Waals surface area contributed by atoms with Crippen LogP contribution in [0.2, 0.25) is 10.0 Å². The van der Waals surface area contributed by atoms with Gasteiger partial charge in [0.15, 0.2) is 0 Å². The Kier molecular flexibility index (Phi) is 4.37.